The largest absolute Gasteiger partial charge is 0.329 e. The Hall–Kier alpha value is -0.120. The van der Waals surface area contributed by atoms with Crippen LogP contribution in [0.25, 0.3) is 0 Å². The molecule has 1 fully saturated rings. The highest BCUT2D eigenvalue weighted by atomic mass is 15.3. The zero-order chi connectivity index (χ0) is 12.2. The van der Waals surface area contributed by atoms with Crippen LogP contribution < -0.4 is 5.73 Å². The first-order valence-electron chi connectivity index (χ1n) is 6.67. The summed E-state index contributed by atoms with van der Waals surface area (Å²) in [6.45, 7) is 7.70. The van der Waals surface area contributed by atoms with Crippen LogP contribution >= 0.6 is 0 Å². The number of nitrogens with two attached hydrogens (primary N) is 1. The first-order chi connectivity index (χ1) is 7.55. The molecular weight excluding hydrogens is 198 g/mol. The van der Waals surface area contributed by atoms with E-state index in [4.69, 9.17) is 5.73 Å². The molecule has 0 radical (unpaired) electrons. The highest BCUT2D eigenvalue weighted by molar-refractivity contribution is 4.97. The Kier molecular flexibility index (Phi) is 5.22. The molecule has 16 heavy (non-hydrogen) atoms. The second kappa shape index (κ2) is 5.99. The third-order valence-electron chi connectivity index (χ3n) is 4.24. The van der Waals surface area contributed by atoms with E-state index in [0.29, 0.717) is 6.04 Å². The SMILES string of the molecule is CCCC(C)N(C)C1(CN)CCCN(C)C1. The molecule has 3 heteroatoms. The zero-order valence-electron chi connectivity index (χ0n) is 11.5. The van der Waals surface area contributed by atoms with E-state index >= 15 is 0 Å². The van der Waals surface area contributed by atoms with E-state index in [1.165, 1.54) is 32.2 Å². The first-order valence-corrected chi connectivity index (χ1v) is 6.67. The van der Waals surface area contributed by atoms with Gasteiger partial charge in [0.2, 0.25) is 0 Å². The lowest BCUT2D eigenvalue weighted by Crippen LogP contribution is -2.62. The van der Waals surface area contributed by atoms with Gasteiger partial charge in [0.25, 0.3) is 0 Å². The Bertz CT molecular complexity index is 207. The van der Waals surface area contributed by atoms with Crippen molar-refractivity contribution in [3.05, 3.63) is 0 Å². The molecule has 3 nitrogen and oxygen atoms in total. The Morgan fingerprint density at radius 1 is 1.50 bits per heavy atom. The number of piperidine rings is 1. The fourth-order valence-corrected chi connectivity index (χ4v) is 3.02. The molecule has 0 aromatic heterocycles. The molecule has 0 aliphatic carbocycles. The summed E-state index contributed by atoms with van der Waals surface area (Å²) >= 11 is 0. The average Bonchev–Trinajstić information content (AvgIpc) is 2.28. The van der Waals surface area contributed by atoms with Crippen LogP contribution in [0.2, 0.25) is 0 Å². The van der Waals surface area contributed by atoms with Crippen LogP contribution in [0.3, 0.4) is 0 Å². The first kappa shape index (κ1) is 13.9. The molecule has 2 N–H and O–H groups in total. The van der Waals surface area contributed by atoms with Crippen LogP contribution in [0.1, 0.15) is 39.5 Å². The van der Waals surface area contributed by atoms with Gasteiger partial charge >= 0.3 is 0 Å². The minimum absolute atomic E-state index is 0.210. The van der Waals surface area contributed by atoms with Crippen molar-refractivity contribution in [2.24, 2.45) is 5.73 Å². The highest BCUT2D eigenvalue weighted by Gasteiger charge is 2.38. The van der Waals surface area contributed by atoms with E-state index in [-0.39, 0.29) is 5.54 Å². The lowest BCUT2D eigenvalue weighted by Gasteiger charge is -2.49. The number of likely N-dealkylation sites (N-methyl/N-ethyl adjacent to an activating group) is 2. The maximum absolute atomic E-state index is 6.07. The van der Waals surface area contributed by atoms with Gasteiger partial charge in [-0.2, -0.15) is 0 Å². The quantitative estimate of drug-likeness (QED) is 0.773. The molecule has 0 aromatic carbocycles. The zero-order valence-corrected chi connectivity index (χ0v) is 11.5. The van der Waals surface area contributed by atoms with Gasteiger partial charge in [0.15, 0.2) is 0 Å². The highest BCUT2D eigenvalue weighted by Crippen LogP contribution is 2.27. The van der Waals surface area contributed by atoms with E-state index in [1.807, 2.05) is 0 Å². The van der Waals surface area contributed by atoms with Crippen molar-refractivity contribution in [1.82, 2.24) is 9.80 Å². The summed E-state index contributed by atoms with van der Waals surface area (Å²) in [6.07, 6.45) is 5.04. The van der Waals surface area contributed by atoms with Crippen LogP contribution in [-0.4, -0.2) is 55.1 Å². The minimum atomic E-state index is 0.210. The van der Waals surface area contributed by atoms with E-state index < -0.39 is 0 Å². The van der Waals surface area contributed by atoms with Crippen LogP contribution in [0.15, 0.2) is 0 Å². The van der Waals surface area contributed by atoms with Crippen molar-refractivity contribution in [3.8, 4) is 0 Å². The smallest absolute Gasteiger partial charge is 0.0458 e. The molecule has 0 amide bonds. The lowest BCUT2D eigenvalue weighted by atomic mass is 9.86. The number of nitrogens with zero attached hydrogens (tertiary/aromatic N) is 2. The van der Waals surface area contributed by atoms with Gasteiger partial charge in [-0.25, -0.2) is 0 Å². The van der Waals surface area contributed by atoms with Gasteiger partial charge in [-0.1, -0.05) is 13.3 Å². The van der Waals surface area contributed by atoms with Crippen LogP contribution in [0.5, 0.6) is 0 Å². The van der Waals surface area contributed by atoms with Gasteiger partial charge in [-0.3, -0.25) is 4.90 Å². The van der Waals surface area contributed by atoms with Crippen molar-refractivity contribution in [3.63, 3.8) is 0 Å². The fraction of sp³-hybridized carbons (Fsp3) is 1.00. The molecule has 2 atom stereocenters. The third-order valence-corrected chi connectivity index (χ3v) is 4.24. The average molecular weight is 227 g/mol. The molecule has 0 saturated carbocycles. The summed E-state index contributed by atoms with van der Waals surface area (Å²) in [7, 11) is 4.47. The molecule has 2 unspecified atom stereocenters. The maximum Gasteiger partial charge on any atom is 0.0458 e. The van der Waals surface area contributed by atoms with Gasteiger partial charge in [0, 0.05) is 24.7 Å². The minimum Gasteiger partial charge on any atom is -0.329 e. The van der Waals surface area contributed by atoms with E-state index in [1.54, 1.807) is 0 Å². The second-order valence-corrected chi connectivity index (χ2v) is 5.52. The molecule has 0 aromatic rings. The summed E-state index contributed by atoms with van der Waals surface area (Å²) < 4.78 is 0. The van der Waals surface area contributed by atoms with Crippen molar-refractivity contribution in [2.45, 2.75) is 51.1 Å². The van der Waals surface area contributed by atoms with Crippen LogP contribution in [-0.2, 0) is 0 Å². The summed E-state index contributed by atoms with van der Waals surface area (Å²) in [5, 5.41) is 0. The Balaban J connectivity index is 2.70. The van der Waals surface area contributed by atoms with Crippen molar-refractivity contribution in [2.75, 3.05) is 33.7 Å². The monoisotopic (exact) mass is 227 g/mol. The number of hydrogen-bond donors (Lipinski definition) is 1. The molecular formula is C13H29N3. The van der Waals surface area contributed by atoms with Gasteiger partial charge < -0.3 is 10.6 Å². The Morgan fingerprint density at radius 3 is 2.69 bits per heavy atom. The van der Waals surface area contributed by atoms with Crippen molar-refractivity contribution >= 4 is 0 Å². The van der Waals surface area contributed by atoms with Crippen molar-refractivity contribution in [1.29, 1.82) is 0 Å². The summed E-state index contributed by atoms with van der Waals surface area (Å²) in [6, 6.07) is 0.639. The van der Waals surface area contributed by atoms with Gasteiger partial charge in [0.1, 0.15) is 0 Å². The predicted molar refractivity (Wildman–Crippen MR) is 70.6 cm³/mol. The summed E-state index contributed by atoms with van der Waals surface area (Å²) in [4.78, 5) is 4.96. The second-order valence-electron chi connectivity index (χ2n) is 5.52. The molecule has 1 aliphatic heterocycles. The fourth-order valence-electron chi connectivity index (χ4n) is 3.02. The topological polar surface area (TPSA) is 32.5 Å². The van der Waals surface area contributed by atoms with Crippen LogP contribution in [0.4, 0.5) is 0 Å². The number of hydrogen-bond acceptors (Lipinski definition) is 3. The van der Waals surface area contributed by atoms with Crippen molar-refractivity contribution < 1.29 is 0 Å². The number of rotatable bonds is 5. The molecule has 96 valence electrons. The van der Waals surface area contributed by atoms with Gasteiger partial charge in [0.05, 0.1) is 0 Å². The van der Waals surface area contributed by atoms with Crippen LogP contribution in [0, 0.1) is 0 Å². The van der Waals surface area contributed by atoms with E-state index in [2.05, 4.69) is 37.7 Å². The number of likely N-dealkylation sites (tertiary alicyclic amines) is 1. The van der Waals surface area contributed by atoms with E-state index in [9.17, 15) is 0 Å². The molecule has 1 rings (SSSR count). The lowest BCUT2D eigenvalue weighted by molar-refractivity contribution is 0.0177. The Labute approximate surface area is 101 Å². The third kappa shape index (κ3) is 2.96. The Morgan fingerprint density at radius 2 is 2.19 bits per heavy atom. The molecule has 0 bridgehead atoms. The molecule has 1 heterocycles. The predicted octanol–water partition coefficient (Wildman–Crippen LogP) is 1.53. The normalized spacial score (nSPS) is 29.6. The standard InChI is InChI=1S/C13H29N3/c1-5-7-12(2)16(4)13(10-14)8-6-9-15(3)11-13/h12H,5-11,14H2,1-4H3. The molecule has 0 spiro atoms. The molecule has 1 aliphatic rings. The summed E-state index contributed by atoms with van der Waals surface area (Å²) in [5.74, 6) is 0. The molecule has 1 saturated heterocycles. The van der Waals surface area contributed by atoms with E-state index in [0.717, 1.165) is 13.1 Å². The maximum atomic E-state index is 6.07. The summed E-state index contributed by atoms with van der Waals surface area (Å²) in [5.41, 5.74) is 6.28. The van der Waals surface area contributed by atoms with Gasteiger partial charge in [-0.05, 0) is 46.8 Å². The van der Waals surface area contributed by atoms with Gasteiger partial charge in [-0.15, -0.1) is 0 Å².